The third-order valence-corrected chi connectivity index (χ3v) is 4.54. The number of piperazine rings is 1. The van der Waals surface area contributed by atoms with Crippen LogP contribution in [0.2, 0.25) is 0 Å². The zero-order chi connectivity index (χ0) is 17.1. The minimum Gasteiger partial charge on any atom is -0.368 e. The summed E-state index contributed by atoms with van der Waals surface area (Å²) >= 11 is 0. The molecule has 1 aromatic carbocycles. The van der Waals surface area contributed by atoms with Crippen molar-refractivity contribution in [1.29, 1.82) is 0 Å². The summed E-state index contributed by atoms with van der Waals surface area (Å²) in [6, 6.07) is 10.4. The minimum atomic E-state index is -0.00159. The molecule has 0 spiro atoms. The molecule has 0 saturated carbocycles. The van der Waals surface area contributed by atoms with Crippen molar-refractivity contribution in [3.05, 3.63) is 47.3 Å². The average Bonchev–Trinajstić information content (AvgIpc) is 2.91. The molecule has 6 heteroatoms. The van der Waals surface area contributed by atoms with E-state index in [1.807, 2.05) is 29.6 Å². The van der Waals surface area contributed by atoms with Crippen LogP contribution in [0.15, 0.2) is 30.3 Å². The van der Waals surface area contributed by atoms with Gasteiger partial charge in [0.2, 0.25) is 0 Å². The van der Waals surface area contributed by atoms with Gasteiger partial charge in [-0.05, 0) is 31.5 Å². The highest BCUT2D eigenvalue weighted by Crippen LogP contribution is 2.20. The molecule has 3 rings (SSSR count). The normalized spacial score (nSPS) is 14.8. The molecule has 1 aliphatic rings. The van der Waals surface area contributed by atoms with Crippen LogP contribution >= 0.6 is 0 Å². The van der Waals surface area contributed by atoms with Crippen LogP contribution in [0.5, 0.6) is 0 Å². The number of carbonyl (C=O) groups excluding carboxylic acids is 1. The van der Waals surface area contributed by atoms with Gasteiger partial charge in [0.15, 0.2) is 0 Å². The Bertz CT molecular complexity index is 716. The third kappa shape index (κ3) is 3.53. The number of para-hydroxylation sites is 1. The van der Waals surface area contributed by atoms with Crippen molar-refractivity contribution < 1.29 is 4.79 Å². The van der Waals surface area contributed by atoms with E-state index in [4.69, 9.17) is 0 Å². The van der Waals surface area contributed by atoms with Crippen LogP contribution < -0.4 is 10.2 Å². The van der Waals surface area contributed by atoms with E-state index in [-0.39, 0.29) is 6.03 Å². The van der Waals surface area contributed by atoms with Gasteiger partial charge in [-0.25, -0.2) is 4.79 Å². The lowest BCUT2D eigenvalue weighted by atomic mass is 10.1. The van der Waals surface area contributed by atoms with Gasteiger partial charge in [-0.2, -0.15) is 5.10 Å². The highest BCUT2D eigenvalue weighted by molar-refractivity contribution is 5.74. The van der Waals surface area contributed by atoms with Crippen LogP contribution in [-0.2, 0) is 13.6 Å². The van der Waals surface area contributed by atoms with Crippen molar-refractivity contribution >= 4 is 11.7 Å². The number of benzene rings is 1. The second-order valence-electron chi connectivity index (χ2n) is 6.32. The predicted octanol–water partition coefficient (Wildman–Crippen LogP) is 2.07. The maximum Gasteiger partial charge on any atom is 0.317 e. The second-order valence-corrected chi connectivity index (χ2v) is 6.32. The number of nitrogens with zero attached hydrogens (tertiary/aromatic N) is 4. The fourth-order valence-corrected chi connectivity index (χ4v) is 3.18. The molecule has 0 aliphatic carbocycles. The number of carbonyl (C=O) groups is 1. The number of amides is 2. The summed E-state index contributed by atoms with van der Waals surface area (Å²) in [6.07, 6.45) is 0. The standard InChI is InChI=1S/C18H25N5O/c1-14-6-4-5-7-17(14)22-8-10-23(11-9-22)18(24)19-13-16-12-15(2)20-21(16)3/h4-7,12H,8-11,13H2,1-3H3,(H,19,24). The molecule has 0 bridgehead atoms. The van der Waals surface area contributed by atoms with Gasteiger partial charge >= 0.3 is 6.03 Å². The van der Waals surface area contributed by atoms with E-state index in [0.29, 0.717) is 6.54 Å². The molecule has 24 heavy (non-hydrogen) atoms. The maximum atomic E-state index is 12.4. The van der Waals surface area contributed by atoms with Crippen molar-refractivity contribution in [3.63, 3.8) is 0 Å². The summed E-state index contributed by atoms with van der Waals surface area (Å²) in [4.78, 5) is 16.6. The molecule has 0 unspecified atom stereocenters. The number of nitrogens with one attached hydrogen (secondary N) is 1. The van der Waals surface area contributed by atoms with Gasteiger partial charge in [-0.1, -0.05) is 18.2 Å². The molecule has 1 N–H and O–H groups in total. The van der Waals surface area contributed by atoms with Crippen LogP contribution in [0.1, 0.15) is 17.0 Å². The molecule has 2 amide bonds. The van der Waals surface area contributed by atoms with Crippen molar-refractivity contribution in [2.75, 3.05) is 31.1 Å². The van der Waals surface area contributed by atoms with Gasteiger partial charge in [0.1, 0.15) is 0 Å². The largest absolute Gasteiger partial charge is 0.368 e. The van der Waals surface area contributed by atoms with Crippen LogP contribution in [-0.4, -0.2) is 46.9 Å². The maximum absolute atomic E-state index is 12.4. The minimum absolute atomic E-state index is 0.00159. The molecule has 1 aromatic heterocycles. The first kappa shape index (κ1) is 16.4. The van der Waals surface area contributed by atoms with Gasteiger partial charge in [0, 0.05) is 38.9 Å². The van der Waals surface area contributed by atoms with E-state index in [0.717, 1.165) is 37.6 Å². The Morgan fingerprint density at radius 2 is 1.88 bits per heavy atom. The van der Waals surface area contributed by atoms with E-state index in [1.165, 1.54) is 11.3 Å². The summed E-state index contributed by atoms with van der Waals surface area (Å²) in [6.45, 7) is 7.80. The Kier molecular flexibility index (Phi) is 4.74. The van der Waals surface area contributed by atoms with Crippen molar-refractivity contribution in [3.8, 4) is 0 Å². The molecule has 6 nitrogen and oxygen atoms in total. The predicted molar refractivity (Wildman–Crippen MR) is 95.1 cm³/mol. The number of anilines is 1. The van der Waals surface area contributed by atoms with E-state index < -0.39 is 0 Å². The lowest BCUT2D eigenvalue weighted by molar-refractivity contribution is 0.193. The number of hydrogen-bond donors (Lipinski definition) is 1. The number of hydrogen-bond acceptors (Lipinski definition) is 3. The molecular formula is C18H25N5O. The van der Waals surface area contributed by atoms with Gasteiger partial charge in [-0.15, -0.1) is 0 Å². The lowest BCUT2D eigenvalue weighted by Gasteiger charge is -2.36. The Hall–Kier alpha value is -2.50. The quantitative estimate of drug-likeness (QED) is 0.939. The molecule has 2 aromatic rings. The zero-order valence-corrected chi connectivity index (χ0v) is 14.6. The summed E-state index contributed by atoms with van der Waals surface area (Å²) in [5.41, 5.74) is 4.53. The average molecular weight is 327 g/mol. The van der Waals surface area contributed by atoms with Crippen LogP contribution in [0.3, 0.4) is 0 Å². The molecule has 1 saturated heterocycles. The van der Waals surface area contributed by atoms with Crippen LogP contribution in [0.25, 0.3) is 0 Å². The topological polar surface area (TPSA) is 53.4 Å². The summed E-state index contributed by atoms with van der Waals surface area (Å²) in [5, 5.41) is 7.29. The van der Waals surface area contributed by atoms with Gasteiger partial charge in [0.25, 0.3) is 0 Å². The molecule has 1 fully saturated rings. The number of aromatic nitrogens is 2. The van der Waals surface area contributed by atoms with Crippen LogP contribution in [0.4, 0.5) is 10.5 Å². The Morgan fingerprint density at radius 3 is 2.50 bits per heavy atom. The summed E-state index contributed by atoms with van der Waals surface area (Å²) in [7, 11) is 1.90. The summed E-state index contributed by atoms with van der Waals surface area (Å²) < 4.78 is 1.81. The smallest absolute Gasteiger partial charge is 0.317 e. The fourth-order valence-electron chi connectivity index (χ4n) is 3.18. The molecule has 2 heterocycles. The molecule has 0 atom stereocenters. The zero-order valence-electron chi connectivity index (χ0n) is 14.6. The monoisotopic (exact) mass is 327 g/mol. The van der Waals surface area contributed by atoms with E-state index >= 15 is 0 Å². The SMILES string of the molecule is Cc1cc(CNC(=O)N2CCN(c3ccccc3C)CC2)n(C)n1. The first-order valence-electron chi connectivity index (χ1n) is 8.37. The highest BCUT2D eigenvalue weighted by Gasteiger charge is 2.21. The van der Waals surface area contributed by atoms with E-state index in [2.05, 4.69) is 46.5 Å². The van der Waals surface area contributed by atoms with Gasteiger partial charge in [0.05, 0.1) is 17.9 Å². The van der Waals surface area contributed by atoms with Crippen molar-refractivity contribution in [1.82, 2.24) is 20.0 Å². The molecule has 0 radical (unpaired) electrons. The van der Waals surface area contributed by atoms with Gasteiger partial charge < -0.3 is 15.1 Å². The van der Waals surface area contributed by atoms with Gasteiger partial charge in [-0.3, -0.25) is 4.68 Å². The van der Waals surface area contributed by atoms with Crippen molar-refractivity contribution in [2.24, 2.45) is 7.05 Å². The Labute approximate surface area is 143 Å². The fraction of sp³-hybridized carbons (Fsp3) is 0.444. The highest BCUT2D eigenvalue weighted by atomic mass is 16.2. The third-order valence-electron chi connectivity index (χ3n) is 4.54. The van der Waals surface area contributed by atoms with Crippen LogP contribution in [0, 0.1) is 13.8 Å². The first-order chi connectivity index (χ1) is 11.5. The van der Waals surface area contributed by atoms with E-state index in [1.54, 1.807) is 0 Å². The molecular weight excluding hydrogens is 302 g/mol. The van der Waals surface area contributed by atoms with Crippen molar-refractivity contribution in [2.45, 2.75) is 20.4 Å². The second kappa shape index (κ2) is 6.95. The number of urea groups is 1. The first-order valence-corrected chi connectivity index (χ1v) is 8.37. The Balaban J connectivity index is 1.52. The number of aryl methyl sites for hydroxylation is 3. The molecule has 1 aliphatic heterocycles. The Morgan fingerprint density at radius 1 is 1.17 bits per heavy atom. The molecule has 128 valence electrons. The number of rotatable bonds is 3. The summed E-state index contributed by atoms with van der Waals surface area (Å²) in [5.74, 6) is 0. The lowest BCUT2D eigenvalue weighted by Crippen LogP contribution is -2.51. The van der Waals surface area contributed by atoms with E-state index in [9.17, 15) is 4.79 Å².